The highest BCUT2D eigenvalue weighted by molar-refractivity contribution is 5.88. The quantitative estimate of drug-likeness (QED) is 0.794. The highest BCUT2D eigenvalue weighted by Gasteiger charge is 2.19. The van der Waals surface area contributed by atoms with Gasteiger partial charge in [0.1, 0.15) is 11.6 Å². The average molecular weight is 354 g/mol. The molecule has 2 rings (SSSR count). The first kappa shape index (κ1) is 18.9. The summed E-state index contributed by atoms with van der Waals surface area (Å²) in [4.78, 5) is 23.7. The van der Waals surface area contributed by atoms with E-state index in [4.69, 9.17) is 5.11 Å². The van der Waals surface area contributed by atoms with Gasteiger partial charge < -0.3 is 10.2 Å². The molecule has 0 aliphatic heterocycles. The van der Waals surface area contributed by atoms with Crippen LogP contribution < -0.4 is 5.56 Å². The molecule has 1 heterocycles. The monoisotopic (exact) mass is 354 g/mol. The summed E-state index contributed by atoms with van der Waals surface area (Å²) in [5.74, 6) is -1.44. The average Bonchev–Trinajstić information content (AvgIpc) is 2.59. The van der Waals surface area contributed by atoms with Gasteiger partial charge in [0.2, 0.25) is 5.88 Å². The molecule has 1 aromatic heterocycles. The Kier molecular flexibility index (Phi) is 5.52. The lowest BCUT2D eigenvalue weighted by Gasteiger charge is -2.14. The van der Waals surface area contributed by atoms with Gasteiger partial charge in [0.25, 0.3) is 5.56 Å². The molecular formula is C18H18N4O4. The summed E-state index contributed by atoms with van der Waals surface area (Å²) in [6, 6.07) is 7.67. The molecule has 0 fully saturated rings. The number of carboxylic acids is 1. The van der Waals surface area contributed by atoms with Gasteiger partial charge in [-0.05, 0) is 31.0 Å². The molecular weight excluding hydrogens is 336 g/mol. The van der Waals surface area contributed by atoms with Crippen molar-refractivity contribution >= 4 is 17.3 Å². The second-order valence-corrected chi connectivity index (χ2v) is 6.15. The number of hydrogen-bond donors (Lipinski definition) is 2. The van der Waals surface area contributed by atoms with Crippen LogP contribution in [0, 0.1) is 24.2 Å². The summed E-state index contributed by atoms with van der Waals surface area (Å²) in [7, 11) is 0. The van der Waals surface area contributed by atoms with Crippen LogP contribution >= 0.6 is 0 Å². The summed E-state index contributed by atoms with van der Waals surface area (Å²) < 4.78 is 1.10. The highest BCUT2D eigenvalue weighted by Crippen LogP contribution is 2.27. The number of hydrogen-bond acceptors (Lipinski definition) is 6. The van der Waals surface area contributed by atoms with Gasteiger partial charge in [0, 0.05) is 12.1 Å². The first-order chi connectivity index (χ1) is 12.3. The molecule has 8 heteroatoms. The molecule has 0 atom stereocenters. The van der Waals surface area contributed by atoms with Crippen LogP contribution in [0.25, 0.3) is 0 Å². The van der Waals surface area contributed by atoms with Crippen LogP contribution in [0.3, 0.4) is 0 Å². The normalized spacial score (nSPS) is 11.0. The molecule has 0 spiro atoms. The molecule has 0 unspecified atom stereocenters. The SMILES string of the molecule is Cc1c(C#N)c(O)n(CC(C)C)c(=O)c1N=Nc1cccc(C(=O)O)c1. The Balaban J connectivity index is 2.59. The predicted octanol–water partition coefficient (Wildman–Crippen LogP) is 3.50. The lowest BCUT2D eigenvalue weighted by molar-refractivity contribution is 0.0697. The first-order valence-electron chi connectivity index (χ1n) is 7.87. The number of carboxylic acid groups (broad SMARTS) is 1. The lowest BCUT2D eigenvalue weighted by atomic mass is 10.1. The van der Waals surface area contributed by atoms with Gasteiger partial charge in [0.05, 0.1) is 11.3 Å². The molecule has 0 saturated carbocycles. The number of carbonyl (C=O) groups is 1. The van der Waals surface area contributed by atoms with Gasteiger partial charge in [-0.1, -0.05) is 19.9 Å². The Bertz CT molecular complexity index is 984. The van der Waals surface area contributed by atoms with E-state index in [-0.39, 0.29) is 40.5 Å². The zero-order valence-electron chi connectivity index (χ0n) is 14.6. The van der Waals surface area contributed by atoms with Crippen LogP contribution in [-0.2, 0) is 6.54 Å². The number of azo groups is 1. The Hall–Kier alpha value is -3.47. The van der Waals surface area contributed by atoms with E-state index in [2.05, 4.69) is 10.2 Å². The number of rotatable bonds is 5. The maximum absolute atomic E-state index is 12.7. The predicted molar refractivity (Wildman–Crippen MR) is 94.2 cm³/mol. The van der Waals surface area contributed by atoms with Crippen LogP contribution in [0.1, 0.15) is 35.3 Å². The van der Waals surface area contributed by atoms with Crippen molar-refractivity contribution in [3.05, 3.63) is 51.3 Å². The third-order valence-corrected chi connectivity index (χ3v) is 3.68. The number of aromatic hydroxyl groups is 1. The van der Waals surface area contributed by atoms with Crippen molar-refractivity contribution in [3.8, 4) is 11.9 Å². The molecule has 0 saturated heterocycles. The van der Waals surface area contributed by atoms with E-state index >= 15 is 0 Å². The summed E-state index contributed by atoms with van der Waals surface area (Å²) in [6.07, 6.45) is 0. The third-order valence-electron chi connectivity index (χ3n) is 3.68. The molecule has 0 aliphatic rings. The number of benzene rings is 1. The van der Waals surface area contributed by atoms with Crippen molar-refractivity contribution in [2.75, 3.05) is 0 Å². The maximum atomic E-state index is 12.7. The summed E-state index contributed by atoms with van der Waals surface area (Å²) >= 11 is 0. The maximum Gasteiger partial charge on any atom is 0.335 e. The van der Waals surface area contributed by atoms with Crippen LogP contribution in [0.15, 0.2) is 39.3 Å². The standard InChI is InChI=1S/C18H18N4O4/c1-10(2)9-22-16(23)14(8-19)11(3)15(17(22)24)21-20-13-6-4-5-12(7-13)18(25)26/h4-7,10,23H,9H2,1-3H3,(H,25,26). The van der Waals surface area contributed by atoms with E-state index in [9.17, 15) is 20.0 Å². The van der Waals surface area contributed by atoms with Crippen molar-refractivity contribution in [1.29, 1.82) is 5.26 Å². The fourth-order valence-corrected chi connectivity index (χ4v) is 2.40. The van der Waals surface area contributed by atoms with Crippen molar-refractivity contribution in [3.63, 3.8) is 0 Å². The van der Waals surface area contributed by atoms with Gasteiger partial charge in [-0.15, -0.1) is 5.11 Å². The fourth-order valence-electron chi connectivity index (χ4n) is 2.40. The molecule has 0 bridgehead atoms. The number of pyridine rings is 1. The van der Waals surface area contributed by atoms with Gasteiger partial charge >= 0.3 is 5.97 Å². The second kappa shape index (κ2) is 7.61. The van der Waals surface area contributed by atoms with Crippen LogP contribution in [0.2, 0.25) is 0 Å². The molecule has 2 aromatic rings. The van der Waals surface area contributed by atoms with Gasteiger partial charge in [-0.3, -0.25) is 9.36 Å². The third kappa shape index (κ3) is 3.78. The molecule has 0 aliphatic carbocycles. The summed E-state index contributed by atoms with van der Waals surface area (Å²) in [6.45, 7) is 5.46. The number of nitrogens with zero attached hydrogens (tertiary/aromatic N) is 4. The topological polar surface area (TPSA) is 128 Å². The highest BCUT2D eigenvalue weighted by atomic mass is 16.4. The van der Waals surface area contributed by atoms with Gasteiger partial charge in [-0.25, -0.2) is 4.79 Å². The summed E-state index contributed by atoms with van der Waals surface area (Å²) in [5, 5.41) is 36.4. The van der Waals surface area contributed by atoms with E-state index in [1.165, 1.54) is 25.1 Å². The fraction of sp³-hybridized carbons (Fsp3) is 0.278. The molecule has 134 valence electrons. The molecule has 8 nitrogen and oxygen atoms in total. The van der Waals surface area contributed by atoms with Crippen molar-refractivity contribution in [1.82, 2.24) is 4.57 Å². The van der Waals surface area contributed by atoms with E-state index in [1.54, 1.807) is 6.07 Å². The van der Waals surface area contributed by atoms with Crippen LogP contribution in [0.5, 0.6) is 5.88 Å². The lowest BCUT2D eigenvalue weighted by Crippen LogP contribution is -2.24. The van der Waals surface area contributed by atoms with Crippen LogP contribution in [-0.4, -0.2) is 20.7 Å². The van der Waals surface area contributed by atoms with E-state index < -0.39 is 17.4 Å². The Morgan fingerprint density at radius 2 is 2.04 bits per heavy atom. The van der Waals surface area contributed by atoms with Crippen LogP contribution in [0.4, 0.5) is 11.4 Å². The smallest absolute Gasteiger partial charge is 0.335 e. The molecule has 0 amide bonds. The summed E-state index contributed by atoms with van der Waals surface area (Å²) in [5.41, 5.74) is -0.164. The molecule has 1 aromatic carbocycles. The zero-order valence-corrected chi connectivity index (χ0v) is 14.6. The van der Waals surface area contributed by atoms with E-state index in [0.29, 0.717) is 0 Å². The van der Waals surface area contributed by atoms with Gasteiger partial charge in [-0.2, -0.15) is 10.4 Å². The molecule has 0 radical (unpaired) electrons. The van der Waals surface area contributed by atoms with E-state index in [1.807, 2.05) is 19.9 Å². The minimum atomic E-state index is -1.10. The van der Waals surface area contributed by atoms with E-state index in [0.717, 1.165) is 4.57 Å². The molecule has 2 N–H and O–H groups in total. The number of nitriles is 1. The van der Waals surface area contributed by atoms with Crippen molar-refractivity contribution in [2.24, 2.45) is 16.1 Å². The number of aromatic carboxylic acids is 1. The van der Waals surface area contributed by atoms with Gasteiger partial charge in [0.15, 0.2) is 5.69 Å². The second-order valence-electron chi connectivity index (χ2n) is 6.15. The minimum absolute atomic E-state index is 0.0406. The zero-order chi connectivity index (χ0) is 19.4. The van der Waals surface area contributed by atoms with Crippen molar-refractivity contribution < 1.29 is 15.0 Å². The Labute approximate surface area is 149 Å². The minimum Gasteiger partial charge on any atom is -0.493 e. The number of aromatic nitrogens is 1. The molecule has 26 heavy (non-hydrogen) atoms. The Morgan fingerprint density at radius 1 is 1.35 bits per heavy atom. The first-order valence-corrected chi connectivity index (χ1v) is 7.87. The largest absolute Gasteiger partial charge is 0.493 e. The Morgan fingerprint density at radius 3 is 2.62 bits per heavy atom. The van der Waals surface area contributed by atoms with Crippen molar-refractivity contribution in [2.45, 2.75) is 27.3 Å².